The lowest BCUT2D eigenvalue weighted by atomic mass is 10.0. The number of nitrogens with one attached hydrogen (secondary N) is 1. The molecule has 0 aliphatic carbocycles. The number of piperazine rings is 1. The average molecular weight is 547 g/mol. The van der Waals surface area contributed by atoms with Crippen molar-refractivity contribution in [3.8, 4) is 22.6 Å². The van der Waals surface area contributed by atoms with Crippen molar-refractivity contribution in [2.75, 3.05) is 44.6 Å². The number of benzene rings is 2. The zero-order valence-electron chi connectivity index (χ0n) is 24.2. The Bertz CT molecular complexity index is 1600. The molecule has 1 aliphatic heterocycles. The number of hydrogen-bond acceptors (Lipinski definition) is 7. The van der Waals surface area contributed by atoms with Gasteiger partial charge in [0.05, 0.1) is 35.3 Å². The van der Waals surface area contributed by atoms with E-state index in [-0.39, 0.29) is 0 Å². The van der Waals surface area contributed by atoms with Crippen LogP contribution >= 0.6 is 0 Å². The van der Waals surface area contributed by atoms with Gasteiger partial charge in [0.25, 0.3) is 0 Å². The number of anilines is 1. The maximum atomic E-state index is 4.77. The van der Waals surface area contributed by atoms with Crippen LogP contribution in [-0.2, 0) is 6.54 Å². The van der Waals surface area contributed by atoms with Gasteiger partial charge in [0, 0.05) is 62.0 Å². The van der Waals surface area contributed by atoms with Crippen molar-refractivity contribution >= 4 is 16.6 Å². The topological polar surface area (TPSA) is 75.0 Å². The number of pyridine rings is 2. The molecule has 4 heterocycles. The summed E-state index contributed by atoms with van der Waals surface area (Å²) < 4.78 is 1.98. The van der Waals surface area contributed by atoms with E-state index in [1.165, 1.54) is 5.56 Å². The van der Waals surface area contributed by atoms with Gasteiger partial charge in [0.1, 0.15) is 5.69 Å². The monoisotopic (exact) mass is 546 g/mol. The summed E-state index contributed by atoms with van der Waals surface area (Å²) in [5, 5.41) is 13.9. The first kappa shape index (κ1) is 27.1. The van der Waals surface area contributed by atoms with Crippen LogP contribution in [0.5, 0.6) is 0 Å². The van der Waals surface area contributed by atoms with E-state index < -0.39 is 0 Å². The zero-order chi connectivity index (χ0) is 28.2. The minimum atomic E-state index is 0.623. The molecule has 210 valence electrons. The summed E-state index contributed by atoms with van der Waals surface area (Å²) in [6.45, 7) is 13.7. The highest BCUT2D eigenvalue weighted by atomic mass is 15.4. The highest BCUT2D eigenvalue weighted by Crippen LogP contribution is 2.32. The predicted octanol–water partition coefficient (Wildman–Crippen LogP) is 5.35. The summed E-state index contributed by atoms with van der Waals surface area (Å²) in [4.78, 5) is 14.6. The molecule has 0 unspecified atom stereocenters. The number of fused-ring (bicyclic) bond motifs is 1. The smallest absolute Gasteiger partial charge is 0.139 e. The van der Waals surface area contributed by atoms with Gasteiger partial charge in [-0.25, -0.2) is 4.68 Å². The number of aryl methyl sites for hydroxylation is 1. The lowest BCUT2D eigenvalue weighted by molar-refractivity contribution is 0.111. The number of rotatable bonds is 9. The lowest BCUT2D eigenvalue weighted by Crippen LogP contribution is -2.49. The van der Waals surface area contributed by atoms with E-state index in [1.54, 1.807) is 0 Å². The summed E-state index contributed by atoms with van der Waals surface area (Å²) in [6, 6.07) is 25.6. The Morgan fingerprint density at radius 3 is 2.51 bits per heavy atom. The molecule has 0 saturated carbocycles. The van der Waals surface area contributed by atoms with E-state index in [0.717, 1.165) is 84.2 Å². The molecule has 0 spiro atoms. The summed E-state index contributed by atoms with van der Waals surface area (Å²) in [7, 11) is 0. The third kappa shape index (κ3) is 6.29. The summed E-state index contributed by atoms with van der Waals surface area (Å²) in [5.74, 6) is 0. The Labute approximate surface area is 242 Å². The first-order valence-electron chi connectivity index (χ1n) is 14.6. The van der Waals surface area contributed by atoms with E-state index in [1.807, 2.05) is 42.1 Å². The minimum absolute atomic E-state index is 0.623. The molecule has 1 N–H and O–H groups in total. The van der Waals surface area contributed by atoms with Crippen molar-refractivity contribution in [3.05, 3.63) is 90.3 Å². The molecule has 8 nitrogen and oxygen atoms in total. The second-order valence-electron chi connectivity index (χ2n) is 11.1. The zero-order valence-corrected chi connectivity index (χ0v) is 24.2. The van der Waals surface area contributed by atoms with Crippen LogP contribution in [0.2, 0.25) is 0 Å². The maximum absolute atomic E-state index is 4.77. The summed E-state index contributed by atoms with van der Waals surface area (Å²) >= 11 is 0. The molecule has 0 bridgehead atoms. The Hall–Kier alpha value is -4.14. The molecule has 5 aromatic rings. The van der Waals surface area contributed by atoms with Gasteiger partial charge < -0.3 is 5.32 Å². The Morgan fingerprint density at radius 2 is 1.73 bits per heavy atom. The second kappa shape index (κ2) is 12.2. The third-order valence-electron chi connectivity index (χ3n) is 7.89. The SMILES string of the molecule is Cc1cccc(-c2nnn(Cc3ccccc3)c2-c2ccc3ncc(NCCN4CCN(C(C)C)CC4)cc3c2)n1. The van der Waals surface area contributed by atoms with Crippen molar-refractivity contribution in [2.24, 2.45) is 0 Å². The fourth-order valence-corrected chi connectivity index (χ4v) is 5.55. The van der Waals surface area contributed by atoms with Gasteiger partial charge in [0.15, 0.2) is 0 Å². The van der Waals surface area contributed by atoms with Crippen LogP contribution in [-0.4, -0.2) is 80.1 Å². The highest BCUT2D eigenvalue weighted by Gasteiger charge is 2.20. The average Bonchev–Trinajstić information content (AvgIpc) is 3.41. The lowest BCUT2D eigenvalue weighted by Gasteiger charge is -2.36. The van der Waals surface area contributed by atoms with Crippen LogP contribution in [0, 0.1) is 6.92 Å². The van der Waals surface area contributed by atoms with Crippen molar-refractivity contribution in [2.45, 2.75) is 33.4 Å². The number of nitrogens with zero attached hydrogens (tertiary/aromatic N) is 7. The fourth-order valence-electron chi connectivity index (χ4n) is 5.55. The first-order valence-corrected chi connectivity index (χ1v) is 14.6. The van der Waals surface area contributed by atoms with Crippen LogP contribution in [0.25, 0.3) is 33.5 Å². The summed E-state index contributed by atoms with van der Waals surface area (Å²) in [5.41, 5.74) is 7.71. The van der Waals surface area contributed by atoms with E-state index >= 15 is 0 Å². The van der Waals surface area contributed by atoms with Gasteiger partial charge in [-0.05, 0) is 56.7 Å². The van der Waals surface area contributed by atoms with Gasteiger partial charge in [-0.3, -0.25) is 19.8 Å². The first-order chi connectivity index (χ1) is 20.0. The van der Waals surface area contributed by atoms with E-state index in [2.05, 4.69) is 87.8 Å². The van der Waals surface area contributed by atoms with Crippen LogP contribution < -0.4 is 5.32 Å². The molecule has 8 heteroatoms. The molecular weight excluding hydrogens is 508 g/mol. The standard InChI is InChI=1S/C33H38N8/c1-24(2)40-18-16-39(17-19-40)15-14-34-29-21-28-20-27(12-13-30(28)35-22-29)33-32(31-11-7-8-25(3)36-31)37-38-41(33)23-26-9-5-4-6-10-26/h4-13,20-22,24,34H,14-19,23H2,1-3H3. The molecule has 0 radical (unpaired) electrons. The second-order valence-corrected chi connectivity index (χ2v) is 11.1. The summed E-state index contributed by atoms with van der Waals surface area (Å²) in [6.07, 6.45) is 1.93. The number of hydrogen-bond donors (Lipinski definition) is 1. The Kier molecular flexibility index (Phi) is 8.02. The molecule has 3 aromatic heterocycles. The van der Waals surface area contributed by atoms with Gasteiger partial charge >= 0.3 is 0 Å². The minimum Gasteiger partial charge on any atom is -0.382 e. The van der Waals surface area contributed by atoms with Gasteiger partial charge in [0.2, 0.25) is 0 Å². The molecular formula is C33H38N8. The van der Waals surface area contributed by atoms with Crippen LogP contribution in [0.15, 0.2) is 79.0 Å². The molecule has 0 amide bonds. The molecule has 1 aliphatic rings. The van der Waals surface area contributed by atoms with Crippen molar-refractivity contribution < 1.29 is 0 Å². The Morgan fingerprint density at radius 1 is 0.902 bits per heavy atom. The fraction of sp³-hybridized carbons (Fsp3) is 0.333. The number of aromatic nitrogens is 5. The van der Waals surface area contributed by atoms with Crippen LogP contribution in [0.3, 0.4) is 0 Å². The van der Waals surface area contributed by atoms with Crippen LogP contribution in [0.1, 0.15) is 25.1 Å². The maximum Gasteiger partial charge on any atom is 0.139 e. The third-order valence-corrected chi connectivity index (χ3v) is 7.89. The van der Waals surface area contributed by atoms with Crippen LogP contribution in [0.4, 0.5) is 5.69 Å². The quantitative estimate of drug-likeness (QED) is 0.267. The Balaban J connectivity index is 1.25. The normalized spacial score (nSPS) is 14.6. The van der Waals surface area contributed by atoms with Gasteiger partial charge in [-0.1, -0.05) is 47.7 Å². The van der Waals surface area contributed by atoms with Gasteiger partial charge in [-0.15, -0.1) is 5.10 Å². The van der Waals surface area contributed by atoms with E-state index in [9.17, 15) is 0 Å². The van der Waals surface area contributed by atoms with Crippen molar-refractivity contribution in [1.29, 1.82) is 0 Å². The van der Waals surface area contributed by atoms with E-state index in [4.69, 9.17) is 9.97 Å². The molecule has 41 heavy (non-hydrogen) atoms. The molecule has 1 fully saturated rings. The molecule has 2 aromatic carbocycles. The molecule has 0 atom stereocenters. The van der Waals surface area contributed by atoms with Crippen molar-refractivity contribution in [1.82, 2.24) is 34.8 Å². The van der Waals surface area contributed by atoms with Crippen molar-refractivity contribution in [3.63, 3.8) is 0 Å². The molecule has 6 rings (SSSR count). The van der Waals surface area contributed by atoms with Gasteiger partial charge in [-0.2, -0.15) is 0 Å². The van der Waals surface area contributed by atoms with E-state index in [0.29, 0.717) is 12.6 Å². The molecule has 1 saturated heterocycles. The largest absolute Gasteiger partial charge is 0.382 e. The highest BCUT2D eigenvalue weighted by molar-refractivity contribution is 5.88. The predicted molar refractivity (Wildman–Crippen MR) is 166 cm³/mol.